The second-order valence-electron chi connectivity index (χ2n) is 7.11. The van der Waals surface area contributed by atoms with Crippen molar-refractivity contribution in [2.45, 2.75) is 12.0 Å². The molecule has 4 heteroatoms. The Kier molecular flexibility index (Phi) is 6.24. The molecule has 0 fully saturated rings. The Morgan fingerprint density at radius 3 is 1.89 bits per heavy atom. The molecule has 1 amide bonds. The molecule has 0 aromatic heterocycles. The first-order valence-electron chi connectivity index (χ1n) is 9.39. The van der Waals surface area contributed by atoms with Crippen molar-refractivity contribution in [1.29, 1.82) is 0 Å². The molecule has 0 aliphatic carbocycles. The molecular formula is C24H26N2O2. The van der Waals surface area contributed by atoms with Crippen LogP contribution in [0.5, 0.6) is 0 Å². The fraction of sp³-hybridized carbons (Fsp3) is 0.208. The first-order valence-corrected chi connectivity index (χ1v) is 9.39. The average Bonchev–Trinajstić information content (AvgIpc) is 2.73. The number of nitrogens with one attached hydrogen (secondary N) is 1. The van der Waals surface area contributed by atoms with Crippen LogP contribution in [-0.4, -0.2) is 36.6 Å². The Hall–Kier alpha value is -2.95. The lowest BCUT2D eigenvalue weighted by atomic mass is 9.85. The molecule has 0 saturated carbocycles. The first kappa shape index (κ1) is 19.8. The molecule has 4 nitrogen and oxygen atoms in total. The summed E-state index contributed by atoms with van der Waals surface area (Å²) in [6.45, 7) is 0.870. The second-order valence-corrected chi connectivity index (χ2v) is 7.11. The van der Waals surface area contributed by atoms with Gasteiger partial charge in [-0.3, -0.25) is 4.79 Å². The van der Waals surface area contributed by atoms with Gasteiger partial charge in [-0.15, -0.1) is 0 Å². The van der Waals surface area contributed by atoms with Gasteiger partial charge in [0.15, 0.2) is 5.60 Å². The molecule has 3 aromatic carbocycles. The van der Waals surface area contributed by atoms with Crippen LogP contribution < -0.4 is 5.32 Å². The molecule has 144 valence electrons. The van der Waals surface area contributed by atoms with Crippen molar-refractivity contribution in [3.05, 3.63) is 102 Å². The van der Waals surface area contributed by atoms with Crippen molar-refractivity contribution in [3.8, 4) is 0 Å². The minimum atomic E-state index is -1.78. The number of benzene rings is 3. The van der Waals surface area contributed by atoms with Crippen molar-refractivity contribution in [3.63, 3.8) is 0 Å². The predicted molar refractivity (Wildman–Crippen MR) is 113 cm³/mol. The minimum absolute atomic E-state index is 0.470. The Morgan fingerprint density at radius 1 is 0.857 bits per heavy atom. The van der Waals surface area contributed by atoms with E-state index >= 15 is 0 Å². The number of rotatable bonds is 7. The number of amides is 1. The van der Waals surface area contributed by atoms with Crippen LogP contribution in [0, 0.1) is 0 Å². The fourth-order valence-electron chi connectivity index (χ4n) is 3.20. The number of carbonyl (C=O) groups is 1. The number of aliphatic hydroxyl groups is 1. The molecule has 0 spiro atoms. The summed E-state index contributed by atoms with van der Waals surface area (Å²) in [5.74, 6) is -0.470. The summed E-state index contributed by atoms with van der Waals surface area (Å²) in [6, 6.07) is 25.8. The van der Waals surface area contributed by atoms with E-state index in [-0.39, 0.29) is 0 Å². The molecule has 0 bridgehead atoms. The maximum Gasteiger partial charge on any atom is 0.265 e. The van der Waals surface area contributed by atoms with Crippen molar-refractivity contribution < 1.29 is 9.90 Å². The van der Waals surface area contributed by atoms with Crippen LogP contribution in [0.1, 0.15) is 16.7 Å². The van der Waals surface area contributed by atoms with E-state index in [9.17, 15) is 9.90 Å². The summed E-state index contributed by atoms with van der Waals surface area (Å²) >= 11 is 0. The molecule has 0 heterocycles. The van der Waals surface area contributed by atoms with Crippen LogP contribution in [0.2, 0.25) is 0 Å². The fourth-order valence-corrected chi connectivity index (χ4v) is 3.20. The van der Waals surface area contributed by atoms with E-state index in [2.05, 4.69) is 10.2 Å². The summed E-state index contributed by atoms with van der Waals surface area (Å²) in [5, 5.41) is 14.5. The maximum absolute atomic E-state index is 13.4. The molecule has 0 saturated heterocycles. The van der Waals surface area contributed by atoms with Crippen LogP contribution in [0.4, 0.5) is 5.69 Å². The van der Waals surface area contributed by atoms with Crippen LogP contribution in [0.15, 0.2) is 84.9 Å². The largest absolute Gasteiger partial charge is 0.372 e. The predicted octanol–water partition coefficient (Wildman–Crippen LogP) is 3.67. The average molecular weight is 374 g/mol. The SMILES string of the molecule is CN(C)CCc1ccccc1NC(=O)C(O)(c1ccccc1)c1ccccc1. The molecule has 0 aliphatic rings. The zero-order valence-corrected chi connectivity index (χ0v) is 16.3. The van der Waals surface area contributed by atoms with Crippen molar-refractivity contribution >= 4 is 11.6 Å². The van der Waals surface area contributed by atoms with Crippen molar-refractivity contribution in [2.24, 2.45) is 0 Å². The quantitative estimate of drug-likeness (QED) is 0.664. The number of nitrogens with zero attached hydrogens (tertiary/aromatic N) is 1. The van der Waals surface area contributed by atoms with Gasteiger partial charge in [-0.2, -0.15) is 0 Å². The van der Waals surface area contributed by atoms with Crippen molar-refractivity contribution in [2.75, 3.05) is 26.0 Å². The van der Waals surface area contributed by atoms with E-state index in [0.29, 0.717) is 11.1 Å². The normalized spacial score (nSPS) is 11.4. The van der Waals surface area contributed by atoms with E-state index in [4.69, 9.17) is 0 Å². The molecule has 0 radical (unpaired) electrons. The van der Waals surface area contributed by atoms with Gasteiger partial charge in [0, 0.05) is 12.2 Å². The number of hydrogen-bond acceptors (Lipinski definition) is 3. The lowest BCUT2D eigenvalue weighted by Gasteiger charge is -2.28. The van der Waals surface area contributed by atoms with Crippen LogP contribution >= 0.6 is 0 Å². The molecule has 0 atom stereocenters. The minimum Gasteiger partial charge on any atom is -0.372 e. The van der Waals surface area contributed by atoms with E-state index in [1.165, 1.54) is 0 Å². The highest BCUT2D eigenvalue weighted by Gasteiger charge is 2.40. The van der Waals surface area contributed by atoms with Gasteiger partial charge >= 0.3 is 0 Å². The monoisotopic (exact) mass is 374 g/mol. The van der Waals surface area contributed by atoms with Gasteiger partial charge < -0.3 is 15.3 Å². The number of anilines is 1. The Labute approximate surface area is 166 Å². The lowest BCUT2D eigenvalue weighted by Crippen LogP contribution is -2.41. The van der Waals surface area contributed by atoms with E-state index in [1.54, 1.807) is 24.3 Å². The van der Waals surface area contributed by atoms with E-state index in [1.807, 2.05) is 74.8 Å². The molecule has 3 rings (SSSR count). The van der Waals surface area contributed by atoms with Crippen molar-refractivity contribution in [1.82, 2.24) is 4.90 Å². The summed E-state index contributed by atoms with van der Waals surface area (Å²) < 4.78 is 0. The van der Waals surface area contributed by atoms with E-state index < -0.39 is 11.5 Å². The Morgan fingerprint density at radius 2 is 1.36 bits per heavy atom. The number of likely N-dealkylation sites (N-methyl/N-ethyl adjacent to an activating group) is 1. The van der Waals surface area contributed by atoms with Crippen LogP contribution in [0.25, 0.3) is 0 Å². The highest BCUT2D eigenvalue weighted by Crippen LogP contribution is 2.31. The number of hydrogen-bond donors (Lipinski definition) is 2. The Balaban J connectivity index is 1.96. The number of para-hydroxylation sites is 1. The highest BCUT2D eigenvalue weighted by molar-refractivity contribution is 6.00. The van der Waals surface area contributed by atoms with Gasteiger partial charge in [-0.1, -0.05) is 78.9 Å². The van der Waals surface area contributed by atoms with Gasteiger partial charge in [0.1, 0.15) is 0 Å². The molecule has 0 aliphatic heterocycles. The zero-order valence-electron chi connectivity index (χ0n) is 16.3. The topological polar surface area (TPSA) is 52.6 Å². The lowest BCUT2D eigenvalue weighted by molar-refractivity contribution is -0.131. The van der Waals surface area contributed by atoms with Crippen LogP contribution in [0.3, 0.4) is 0 Å². The van der Waals surface area contributed by atoms with E-state index in [0.717, 1.165) is 24.2 Å². The summed E-state index contributed by atoms with van der Waals surface area (Å²) in [5.41, 5.74) is 1.04. The zero-order chi connectivity index (χ0) is 20.0. The molecule has 0 unspecified atom stereocenters. The molecular weight excluding hydrogens is 348 g/mol. The van der Waals surface area contributed by atoms with Gasteiger partial charge in [-0.25, -0.2) is 0 Å². The van der Waals surface area contributed by atoms with Crippen LogP contribution in [-0.2, 0) is 16.8 Å². The summed E-state index contributed by atoms with van der Waals surface area (Å²) in [6.07, 6.45) is 0.804. The molecule has 28 heavy (non-hydrogen) atoms. The number of carbonyl (C=O) groups excluding carboxylic acids is 1. The first-order chi connectivity index (χ1) is 13.5. The van der Waals surface area contributed by atoms with Gasteiger partial charge in [-0.05, 0) is 43.3 Å². The highest BCUT2D eigenvalue weighted by atomic mass is 16.3. The second kappa shape index (κ2) is 8.83. The third-order valence-electron chi connectivity index (χ3n) is 4.81. The maximum atomic E-state index is 13.4. The smallest absolute Gasteiger partial charge is 0.265 e. The Bertz CT molecular complexity index is 869. The third-order valence-corrected chi connectivity index (χ3v) is 4.81. The molecule has 2 N–H and O–H groups in total. The summed E-state index contributed by atoms with van der Waals surface area (Å²) in [7, 11) is 4.04. The molecule has 3 aromatic rings. The van der Waals surface area contributed by atoms with Gasteiger partial charge in [0.2, 0.25) is 0 Å². The third kappa shape index (κ3) is 4.30. The van der Waals surface area contributed by atoms with Gasteiger partial charge in [0.05, 0.1) is 0 Å². The standard InChI is InChI=1S/C24H26N2O2/c1-26(2)18-17-19-11-9-10-16-22(19)25-23(27)24(28,20-12-5-3-6-13-20)21-14-7-4-8-15-21/h3-16,28H,17-18H2,1-2H3,(H,25,27). The van der Waals surface area contributed by atoms with Gasteiger partial charge in [0.25, 0.3) is 5.91 Å². The summed E-state index contributed by atoms with van der Waals surface area (Å²) in [4.78, 5) is 15.5.